The molecule has 2 aromatic rings. The van der Waals surface area contributed by atoms with Gasteiger partial charge in [-0.25, -0.2) is 9.18 Å². The van der Waals surface area contributed by atoms with E-state index in [4.69, 9.17) is 4.74 Å². The van der Waals surface area contributed by atoms with Gasteiger partial charge in [-0.2, -0.15) is 0 Å². The maximum Gasteiger partial charge on any atom is 0.408 e. The van der Waals surface area contributed by atoms with E-state index in [0.29, 0.717) is 17.5 Å². The summed E-state index contributed by atoms with van der Waals surface area (Å²) in [5.74, 6) is -0.634. The summed E-state index contributed by atoms with van der Waals surface area (Å²) in [5.41, 5.74) is 1.71. The van der Waals surface area contributed by atoms with Crippen LogP contribution in [0, 0.1) is 5.82 Å². The number of hydrogen-bond acceptors (Lipinski definition) is 4. The molecule has 2 rings (SSSR count). The fourth-order valence-electron chi connectivity index (χ4n) is 2.48. The number of carbonyl (C=O) groups is 3. The lowest BCUT2D eigenvalue weighted by Gasteiger charge is -2.28. The van der Waals surface area contributed by atoms with Crippen molar-refractivity contribution < 1.29 is 28.6 Å². The fraction of sp³-hybridized carbons (Fsp3) is 0.318. The van der Waals surface area contributed by atoms with Gasteiger partial charge in [-0.15, -0.1) is 0 Å². The molecule has 0 aliphatic carbocycles. The summed E-state index contributed by atoms with van der Waals surface area (Å²) in [6.07, 6.45) is -1.14. The topological polar surface area (TPSA) is 87.2 Å². The molecule has 0 bridgehead atoms. The predicted molar refractivity (Wildman–Crippen MR) is 134 cm³/mol. The van der Waals surface area contributed by atoms with Crippen molar-refractivity contribution in [1.29, 1.82) is 0 Å². The summed E-state index contributed by atoms with van der Waals surface area (Å²) >= 11 is 8.72. The van der Waals surface area contributed by atoms with Gasteiger partial charge in [0.15, 0.2) is 0 Å². The van der Waals surface area contributed by atoms with E-state index in [1.807, 2.05) is 30.3 Å². The zero-order valence-corrected chi connectivity index (χ0v) is 22.4. The highest BCUT2D eigenvalue weighted by Gasteiger charge is 2.20. The van der Waals surface area contributed by atoms with Crippen molar-refractivity contribution in [3.8, 4) is 0 Å². The molecule has 0 aliphatic rings. The summed E-state index contributed by atoms with van der Waals surface area (Å²) in [4.78, 5) is 36.0. The summed E-state index contributed by atoms with van der Waals surface area (Å²) in [6, 6.07) is 15.3. The van der Waals surface area contributed by atoms with Gasteiger partial charge in [0.05, 0.1) is 30.5 Å². The van der Waals surface area contributed by atoms with Gasteiger partial charge in [-0.05, 0) is 39.2 Å². The van der Waals surface area contributed by atoms with Crippen LogP contribution < -0.4 is 0 Å². The molecule has 0 atom stereocenters. The number of alkyl halides is 2. The van der Waals surface area contributed by atoms with Gasteiger partial charge in [0.1, 0.15) is 5.82 Å². The highest BCUT2D eigenvalue weighted by Crippen LogP contribution is 2.09. The van der Waals surface area contributed by atoms with Crippen molar-refractivity contribution in [3.05, 3.63) is 71.5 Å². The van der Waals surface area contributed by atoms with E-state index in [1.165, 1.54) is 17.0 Å². The third-order valence-corrected chi connectivity index (χ3v) is 6.11. The summed E-state index contributed by atoms with van der Waals surface area (Å²) in [7, 11) is 0. The molecule has 0 aromatic heterocycles. The lowest BCUT2D eigenvalue weighted by atomic mass is 10.2. The van der Waals surface area contributed by atoms with Crippen LogP contribution in [0.4, 0.5) is 9.18 Å². The van der Waals surface area contributed by atoms with Gasteiger partial charge in [0.2, 0.25) is 10.6 Å². The van der Waals surface area contributed by atoms with Crippen LogP contribution in [-0.2, 0) is 27.5 Å². The minimum Gasteiger partial charge on any atom is -0.465 e. The van der Waals surface area contributed by atoms with E-state index in [9.17, 15) is 23.9 Å². The lowest BCUT2D eigenvalue weighted by Crippen LogP contribution is -2.45. The first-order chi connectivity index (χ1) is 15.8. The Kier molecular flexibility index (Phi) is 14.8. The van der Waals surface area contributed by atoms with Crippen LogP contribution in [-0.4, -0.2) is 62.1 Å². The van der Waals surface area contributed by atoms with Gasteiger partial charge in [-0.1, -0.05) is 74.3 Å². The molecule has 2 amide bonds. The van der Waals surface area contributed by atoms with Crippen LogP contribution >= 0.6 is 47.8 Å². The Morgan fingerprint density at radius 3 is 2.03 bits per heavy atom. The first kappa shape index (κ1) is 29.2. The van der Waals surface area contributed by atoms with Crippen LogP contribution in [0.1, 0.15) is 11.1 Å². The molecule has 0 unspecified atom stereocenters. The van der Waals surface area contributed by atoms with Crippen LogP contribution in [0.25, 0.3) is 0 Å². The van der Waals surface area contributed by atoms with Crippen molar-refractivity contribution in [2.45, 2.75) is 13.2 Å². The normalized spacial score (nSPS) is 10.1. The standard InChI is InChI=1S/C20H22BrFN2O4.C2H2Br2O/c21-12-19(25)24(13-16-6-8-18(22)9-7-16)15-23(20(26)27)10-11-28-14-17-4-2-1-3-5-17;3-1-2(4)5/h1-9H,10-15H2,(H,26,27);1H2. The second kappa shape index (κ2) is 16.7. The third kappa shape index (κ3) is 12.9. The van der Waals surface area contributed by atoms with Crippen molar-refractivity contribution >= 4 is 64.5 Å². The Hall–Kier alpha value is -1.82. The molecule has 0 saturated heterocycles. The molecule has 7 nitrogen and oxygen atoms in total. The first-order valence-electron chi connectivity index (χ1n) is 9.68. The Morgan fingerprint density at radius 1 is 0.909 bits per heavy atom. The minimum absolute atomic E-state index is 0.0162. The van der Waals surface area contributed by atoms with Crippen molar-refractivity contribution in [1.82, 2.24) is 9.80 Å². The molecule has 0 spiro atoms. The zero-order chi connectivity index (χ0) is 24.6. The summed E-state index contributed by atoms with van der Waals surface area (Å²) in [5, 5.41) is 9.92. The molecule has 0 aliphatic heterocycles. The van der Waals surface area contributed by atoms with Crippen molar-refractivity contribution in [2.75, 3.05) is 30.5 Å². The Morgan fingerprint density at radius 2 is 1.52 bits per heavy atom. The monoisotopic (exact) mass is 652 g/mol. The average Bonchev–Trinajstić information content (AvgIpc) is 2.81. The van der Waals surface area contributed by atoms with E-state index in [1.54, 1.807) is 12.1 Å². The van der Waals surface area contributed by atoms with Gasteiger partial charge in [0.25, 0.3) is 0 Å². The molecule has 33 heavy (non-hydrogen) atoms. The SMILES string of the molecule is O=C(Br)CBr.O=C(O)N(CCOCc1ccccc1)CN(Cc1ccc(F)cc1)C(=O)CBr. The van der Waals surface area contributed by atoms with E-state index < -0.39 is 6.09 Å². The number of carboxylic acid groups (broad SMARTS) is 1. The summed E-state index contributed by atoms with van der Waals surface area (Å²) in [6.45, 7) is 0.783. The average molecular weight is 655 g/mol. The number of halogens is 4. The van der Waals surface area contributed by atoms with E-state index in [0.717, 1.165) is 10.5 Å². The van der Waals surface area contributed by atoms with Crippen molar-refractivity contribution in [2.24, 2.45) is 0 Å². The number of ether oxygens (including phenoxy) is 1. The molecular weight excluding hydrogens is 631 g/mol. The first-order valence-corrected chi connectivity index (χ1v) is 12.7. The summed E-state index contributed by atoms with van der Waals surface area (Å²) < 4.78 is 18.6. The Bertz CT molecular complexity index is 872. The van der Waals surface area contributed by atoms with E-state index in [-0.39, 0.29) is 48.1 Å². The molecule has 0 fully saturated rings. The number of nitrogens with zero attached hydrogens (tertiary/aromatic N) is 2. The van der Waals surface area contributed by atoms with Gasteiger partial charge < -0.3 is 14.7 Å². The van der Waals surface area contributed by atoms with Crippen molar-refractivity contribution in [3.63, 3.8) is 0 Å². The molecule has 2 aromatic carbocycles. The molecule has 11 heteroatoms. The Balaban J connectivity index is 0.000000981. The predicted octanol–water partition coefficient (Wildman–Crippen LogP) is 5.01. The largest absolute Gasteiger partial charge is 0.465 e. The van der Waals surface area contributed by atoms with Crippen LogP contribution in [0.3, 0.4) is 0 Å². The molecule has 0 radical (unpaired) electrons. The molecule has 1 N–H and O–H groups in total. The zero-order valence-electron chi connectivity index (χ0n) is 17.6. The van der Waals surface area contributed by atoms with E-state index >= 15 is 0 Å². The molecular formula is C22H24Br3FN2O5. The lowest BCUT2D eigenvalue weighted by molar-refractivity contribution is -0.130. The second-order valence-electron chi connectivity index (χ2n) is 6.57. The number of benzene rings is 2. The minimum atomic E-state index is -1.14. The second-order valence-corrected chi connectivity index (χ2v) is 8.57. The smallest absolute Gasteiger partial charge is 0.408 e. The molecule has 0 heterocycles. The number of carbonyl (C=O) groups excluding carboxylic acids is 2. The highest BCUT2D eigenvalue weighted by molar-refractivity contribution is 9.19. The van der Waals surface area contributed by atoms with Gasteiger partial charge in [-0.3, -0.25) is 14.5 Å². The quantitative estimate of drug-likeness (QED) is 0.159. The van der Waals surface area contributed by atoms with Crippen LogP contribution in [0.15, 0.2) is 54.6 Å². The number of hydrogen-bond donors (Lipinski definition) is 1. The highest BCUT2D eigenvalue weighted by atomic mass is 79.9. The van der Waals surface area contributed by atoms with Gasteiger partial charge in [0, 0.05) is 13.1 Å². The van der Waals surface area contributed by atoms with Gasteiger partial charge >= 0.3 is 6.09 Å². The number of amides is 2. The maximum absolute atomic E-state index is 13.1. The molecule has 180 valence electrons. The van der Waals surface area contributed by atoms with Crippen LogP contribution in [0.2, 0.25) is 0 Å². The fourth-order valence-corrected chi connectivity index (χ4v) is 2.84. The maximum atomic E-state index is 13.1. The molecule has 0 saturated carbocycles. The third-order valence-electron chi connectivity index (χ3n) is 4.09. The Labute approximate surface area is 217 Å². The number of rotatable bonds is 11. The van der Waals surface area contributed by atoms with Crippen LogP contribution in [0.5, 0.6) is 0 Å². The van der Waals surface area contributed by atoms with E-state index in [2.05, 4.69) is 47.8 Å².